The van der Waals surface area contributed by atoms with Gasteiger partial charge in [-0.15, -0.1) is 0 Å². The molecule has 1 aliphatic heterocycles. The molecule has 2 rings (SSSR count). The molecule has 0 radical (unpaired) electrons. The topological polar surface area (TPSA) is 93.9 Å². The second-order valence-corrected chi connectivity index (χ2v) is 5.30. The number of carbonyl (C=O) groups excluding carboxylic acids is 2. The van der Waals surface area contributed by atoms with Crippen LogP contribution in [0.3, 0.4) is 0 Å². The molecule has 7 nitrogen and oxygen atoms in total. The summed E-state index contributed by atoms with van der Waals surface area (Å²) in [6.07, 6.45) is 0.640. The quantitative estimate of drug-likeness (QED) is 0.671. The molecule has 0 aliphatic carbocycles. The summed E-state index contributed by atoms with van der Waals surface area (Å²) in [7, 11) is 1.53. The number of nitrogens with two attached hydrogens (primary N) is 1. The first-order valence-electron chi connectivity index (χ1n) is 7.67. The SMILES string of the molecule is COC(CN)CC(=O)NCCCN1C(=O)COc2ccccc21. The van der Waals surface area contributed by atoms with Gasteiger partial charge >= 0.3 is 0 Å². The molecule has 0 aromatic heterocycles. The first-order chi connectivity index (χ1) is 11.2. The summed E-state index contributed by atoms with van der Waals surface area (Å²) < 4.78 is 10.5. The molecule has 1 aromatic rings. The standard InChI is InChI=1S/C16H23N3O4/c1-22-12(10-17)9-15(20)18-7-4-8-19-13-5-2-3-6-14(13)23-11-16(19)21/h2-3,5-6,12H,4,7-11,17H2,1H3,(H,18,20). The van der Waals surface area contributed by atoms with Crippen molar-refractivity contribution >= 4 is 17.5 Å². The van der Waals surface area contributed by atoms with Crippen molar-refractivity contribution in [3.63, 3.8) is 0 Å². The van der Waals surface area contributed by atoms with Crippen LogP contribution in [0.1, 0.15) is 12.8 Å². The predicted octanol–water partition coefficient (Wildman–Crippen LogP) is 0.282. The first-order valence-corrected chi connectivity index (χ1v) is 7.67. The number of hydrogen-bond acceptors (Lipinski definition) is 5. The zero-order valence-corrected chi connectivity index (χ0v) is 13.3. The molecule has 1 aromatic carbocycles. The van der Waals surface area contributed by atoms with E-state index >= 15 is 0 Å². The average molecular weight is 321 g/mol. The number of nitrogens with one attached hydrogen (secondary N) is 1. The summed E-state index contributed by atoms with van der Waals surface area (Å²) in [6.45, 7) is 1.38. The lowest BCUT2D eigenvalue weighted by Crippen LogP contribution is -2.40. The van der Waals surface area contributed by atoms with Crippen LogP contribution in [-0.2, 0) is 14.3 Å². The van der Waals surface area contributed by atoms with Gasteiger partial charge < -0.3 is 25.4 Å². The highest BCUT2D eigenvalue weighted by molar-refractivity contribution is 5.97. The number of fused-ring (bicyclic) bond motifs is 1. The predicted molar refractivity (Wildman–Crippen MR) is 86.4 cm³/mol. The Morgan fingerprint density at radius 2 is 2.26 bits per heavy atom. The molecular formula is C16H23N3O4. The fourth-order valence-corrected chi connectivity index (χ4v) is 2.41. The molecule has 0 saturated heterocycles. The third-order valence-corrected chi connectivity index (χ3v) is 3.70. The Hall–Kier alpha value is -2.12. The van der Waals surface area contributed by atoms with Crippen LogP contribution in [0, 0.1) is 0 Å². The number of ether oxygens (including phenoxy) is 2. The number of benzene rings is 1. The van der Waals surface area contributed by atoms with E-state index in [0.717, 1.165) is 5.69 Å². The minimum Gasteiger partial charge on any atom is -0.482 e. The molecule has 0 bridgehead atoms. The van der Waals surface area contributed by atoms with E-state index < -0.39 is 0 Å². The lowest BCUT2D eigenvalue weighted by molar-refractivity contribution is -0.123. The maximum absolute atomic E-state index is 12.0. The molecule has 0 fully saturated rings. The van der Waals surface area contributed by atoms with E-state index in [9.17, 15) is 9.59 Å². The second-order valence-electron chi connectivity index (χ2n) is 5.30. The van der Waals surface area contributed by atoms with Crippen LogP contribution in [0.4, 0.5) is 5.69 Å². The van der Waals surface area contributed by atoms with Crippen molar-refractivity contribution in [2.75, 3.05) is 38.3 Å². The summed E-state index contributed by atoms with van der Waals surface area (Å²) in [5.41, 5.74) is 6.26. The number of para-hydroxylation sites is 2. The molecule has 1 atom stereocenters. The Labute approximate surface area is 135 Å². The van der Waals surface area contributed by atoms with Crippen LogP contribution in [0.25, 0.3) is 0 Å². The number of methoxy groups -OCH3 is 1. The zero-order chi connectivity index (χ0) is 16.7. The van der Waals surface area contributed by atoms with Crippen LogP contribution < -0.4 is 20.7 Å². The van der Waals surface area contributed by atoms with Crippen LogP contribution in [0.15, 0.2) is 24.3 Å². The number of anilines is 1. The molecule has 1 heterocycles. The van der Waals surface area contributed by atoms with Crippen molar-refractivity contribution in [2.45, 2.75) is 18.9 Å². The molecule has 126 valence electrons. The summed E-state index contributed by atoms with van der Waals surface area (Å²) in [5, 5.41) is 2.82. The van der Waals surface area contributed by atoms with E-state index in [2.05, 4.69) is 5.32 Å². The van der Waals surface area contributed by atoms with Crippen molar-refractivity contribution in [2.24, 2.45) is 5.73 Å². The van der Waals surface area contributed by atoms with Gasteiger partial charge in [0.1, 0.15) is 5.75 Å². The van der Waals surface area contributed by atoms with Gasteiger partial charge in [-0.2, -0.15) is 0 Å². The van der Waals surface area contributed by atoms with Gasteiger partial charge in [-0.3, -0.25) is 9.59 Å². The Bertz CT molecular complexity index is 546. The maximum atomic E-state index is 12.0. The van der Waals surface area contributed by atoms with E-state index in [4.69, 9.17) is 15.2 Å². The molecule has 2 amide bonds. The van der Waals surface area contributed by atoms with E-state index in [-0.39, 0.29) is 30.9 Å². The lowest BCUT2D eigenvalue weighted by atomic mass is 10.2. The van der Waals surface area contributed by atoms with E-state index in [1.54, 1.807) is 4.90 Å². The average Bonchev–Trinajstić information content (AvgIpc) is 2.58. The van der Waals surface area contributed by atoms with Gasteiger partial charge in [-0.1, -0.05) is 12.1 Å². The van der Waals surface area contributed by atoms with Crippen LogP contribution >= 0.6 is 0 Å². The normalized spacial score (nSPS) is 14.9. The Morgan fingerprint density at radius 3 is 3.00 bits per heavy atom. The molecule has 0 saturated carbocycles. The van der Waals surface area contributed by atoms with Crippen molar-refractivity contribution in [3.8, 4) is 5.75 Å². The largest absolute Gasteiger partial charge is 0.482 e. The highest BCUT2D eigenvalue weighted by Crippen LogP contribution is 2.31. The van der Waals surface area contributed by atoms with Crippen LogP contribution in [0.5, 0.6) is 5.75 Å². The summed E-state index contributed by atoms with van der Waals surface area (Å²) in [5.74, 6) is 0.538. The van der Waals surface area contributed by atoms with Crippen LogP contribution in [-0.4, -0.2) is 51.3 Å². The van der Waals surface area contributed by atoms with Gasteiger partial charge in [0.2, 0.25) is 5.91 Å². The van der Waals surface area contributed by atoms with E-state index in [1.807, 2.05) is 24.3 Å². The van der Waals surface area contributed by atoms with Gasteiger partial charge in [-0.05, 0) is 18.6 Å². The fraction of sp³-hybridized carbons (Fsp3) is 0.500. The van der Waals surface area contributed by atoms with E-state index in [1.165, 1.54) is 7.11 Å². The second kappa shape index (κ2) is 8.50. The number of hydrogen-bond donors (Lipinski definition) is 2. The third kappa shape index (κ3) is 4.67. The molecule has 1 unspecified atom stereocenters. The molecule has 0 spiro atoms. The zero-order valence-electron chi connectivity index (χ0n) is 13.3. The third-order valence-electron chi connectivity index (χ3n) is 3.70. The molecule has 7 heteroatoms. The van der Waals surface area contributed by atoms with Crippen molar-refractivity contribution in [3.05, 3.63) is 24.3 Å². The lowest BCUT2D eigenvalue weighted by Gasteiger charge is -2.29. The molecular weight excluding hydrogens is 298 g/mol. The van der Waals surface area contributed by atoms with Crippen molar-refractivity contribution in [1.29, 1.82) is 0 Å². The van der Waals surface area contributed by atoms with Gasteiger partial charge in [0.25, 0.3) is 5.91 Å². The fourth-order valence-electron chi connectivity index (χ4n) is 2.41. The number of amides is 2. The Balaban J connectivity index is 1.78. The summed E-state index contributed by atoms with van der Waals surface area (Å²) in [6, 6.07) is 7.44. The van der Waals surface area contributed by atoms with Gasteiger partial charge in [-0.25, -0.2) is 0 Å². The molecule has 3 N–H and O–H groups in total. The van der Waals surface area contributed by atoms with Crippen LogP contribution in [0.2, 0.25) is 0 Å². The minimum atomic E-state index is -0.261. The maximum Gasteiger partial charge on any atom is 0.265 e. The Morgan fingerprint density at radius 1 is 1.48 bits per heavy atom. The van der Waals surface area contributed by atoms with Gasteiger partial charge in [0.15, 0.2) is 6.61 Å². The highest BCUT2D eigenvalue weighted by atomic mass is 16.5. The monoisotopic (exact) mass is 321 g/mol. The van der Waals surface area contributed by atoms with Gasteiger partial charge in [0, 0.05) is 26.7 Å². The molecule has 23 heavy (non-hydrogen) atoms. The minimum absolute atomic E-state index is 0.0510. The first kappa shape index (κ1) is 17.2. The van der Waals surface area contributed by atoms with E-state index in [0.29, 0.717) is 31.8 Å². The Kier molecular flexibility index (Phi) is 6.37. The highest BCUT2D eigenvalue weighted by Gasteiger charge is 2.24. The number of carbonyl (C=O) groups is 2. The summed E-state index contributed by atoms with van der Waals surface area (Å²) >= 11 is 0. The smallest absolute Gasteiger partial charge is 0.265 e. The number of rotatable bonds is 8. The summed E-state index contributed by atoms with van der Waals surface area (Å²) in [4.78, 5) is 25.4. The van der Waals surface area contributed by atoms with Crippen molar-refractivity contribution < 1.29 is 19.1 Å². The van der Waals surface area contributed by atoms with Gasteiger partial charge in [0.05, 0.1) is 18.2 Å². The molecule has 1 aliphatic rings. The van der Waals surface area contributed by atoms with Crippen molar-refractivity contribution in [1.82, 2.24) is 5.32 Å². The number of nitrogens with zero attached hydrogens (tertiary/aromatic N) is 1.